The molecular formula is C10H16N4O2. The van der Waals surface area contributed by atoms with E-state index in [2.05, 4.69) is 10.4 Å². The third-order valence-electron chi connectivity index (χ3n) is 2.66. The van der Waals surface area contributed by atoms with Crippen LogP contribution in [-0.4, -0.2) is 35.4 Å². The van der Waals surface area contributed by atoms with Gasteiger partial charge in [-0.05, 0) is 12.8 Å². The minimum absolute atomic E-state index is 0.0149. The molecule has 16 heavy (non-hydrogen) atoms. The summed E-state index contributed by atoms with van der Waals surface area (Å²) in [4.78, 5) is 11.2. The summed E-state index contributed by atoms with van der Waals surface area (Å²) in [5.41, 5.74) is 5.26. The van der Waals surface area contributed by atoms with Gasteiger partial charge in [-0.15, -0.1) is 0 Å². The quantitative estimate of drug-likeness (QED) is 0.764. The van der Waals surface area contributed by atoms with Gasteiger partial charge in [-0.3, -0.25) is 4.79 Å². The summed E-state index contributed by atoms with van der Waals surface area (Å²) < 4.78 is 7.13. The molecule has 6 nitrogen and oxygen atoms in total. The molecule has 1 amide bonds. The molecule has 0 saturated carbocycles. The van der Waals surface area contributed by atoms with Gasteiger partial charge in [0.25, 0.3) is 0 Å². The lowest BCUT2D eigenvalue weighted by Crippen LogP contribution is -2.26. The molecule has 1 aromatic heterocycles. The summed E-state index contributed by atoms with van der Waals surface area (Å²) in [5, 5.41) is 6.97. The Bertz CT molecular complexity index is 357. The molecular weight excluding hydrogens is 208 g/mol. The molecule has 6 heteroatoms. The van der Waals surface area contributed by atoms with Crippen molar-refractivity contribution in [1.82, 2.24) is 9.78 Å². The first-order valence-electron chi connectivity index (χ1n) is 5.42. The lowest BCUT2D eigenvalue weighted by atomic mass is 10.1. The summed E-state index contributed by atoms with van der Waals surface area (Å²) in [5.74, 6) is 0.510. The van der Waals surface area contributed by atoms with E-state index in [1.54, 1.807) is 12.3 Å². The largest absolute Gasteiger partial charge is 0.381 e. The van der Waals surface area contributed by atoms with Gasteiger partial charge in [-0.25, -0.2) is 4.68 Å². The van der Waals surface area contributed by atoms with E-state index >= 15 is 0 Å². The minimum Gasteiger partial charge on any atom is -0.381 e. The Balaban J connectivity index is 2.08. The molecule has 0 unspecified atom stereocenters. The van der Waals surface area contributed by atoms with Gasteiger partial charge < -0.3 is 15.8 Å². The number of carbonyl (C=O) groups excluding carboxylic acids is 1. The van der Waals surface area contributed by atoms with E-state index in [1.807, 2.05) is 4.68 Å². The Labute approximate surface area is 93.8 Å². The molecule has 0 bridgehead atoms. The standard InChI is InChI=1S/C10H16N4O2/c11-7-10(15)13-9-1-4-12-14(9)8-2-5-16-6-3-8/h1,4,8H,2-3,5-7,11H2,(H,13,15). The van der Waals surface area contributed by atoms with Crippen LogP contribution in [0.5, 0.6) is 0 Å². The molecule has 2 heterocycles. The third kappa shape index (κ3) is 2.40. The molecule has 88 valence electrons. The molecule has 0 aliphatic carbocycles. The number of nitrogens with zero attached hydrogens (tertiary/aromatic N) is 2. The van der Waals surface area contributed by atoms with Crippen molar-refractivity contribution in [2.45, 2.75) is 18.9 Å². The number of carbonyl (C=O) groups is 1. The van der Waals surface area contributed by atoms with Crippen LogP contribution in [0, 0.1) is 0 Å². The zero-order valence-electron chi connectivity index (χ0n) is 9.06. The van der Waals surface area contributed by atoms with Gasteiger partial charge in [0.2, 0.25) is 5.91 Å². The number of hydrogen-bond acceptors (Lipinski definition) is 4. The Morgan fingerprint density at radius 3 is 3.06 bits per heavy atom. The van der Waals surface area contributed by atoms with Crippen molar-refractivity contribution in [3.63, 3.8) is 0 Å². The predicted molar refractivity (Wildman–Crippen MR) is 59.0 cm³/mol. The van der Waals surface area contributed by atoms with Crippen LogP contribution in [0.1, 0.15) is 18.9 Å². The highest BCUT2D eigenvalue weighted by molar-refractivity contribution is 5.91. The maximum atomic E-state index is 11.2. The highest BCUT2D eigenvalue weighted by atomic mass is 16.5. The second-order valence-electron chi connectivity index (χ2n) is 3.76. The van der Waals surface area contributed by atoms with Crippen molar-refractivity contribution < 1.29 is 9.53 Å². The number of anilines is 1. The average Bonchev–Trinajstić information content (AvgIpc) is 2.78. The highest BCUT2D eigenvalue weighted by Crippen LogP contribution is 2.23. The third-order valence-corrected chi connectivity index (χ3v) is 2.66. The maximum Gasteiger partial charge on any atom is 0.239 e. The molecule has 0 aromatic carbocycles. The van der Waals surface area contributed by atoms with Gasteiger partial charge in [0.1, 0.15) is 5.82 Å². The number of hydrogen-bond donors (Lipinski definition) is 2. The molecule has 1 fully saturated rings. The van der Waals surface area contributed by atoms with E-state index in [1.165, 1.54) is 0 Å². The smallest absolute Gasteiger partial charge is 0.239 e. The van der Waals surface area contributed by atoms with Gasteiger partial charge in [-0.1, -0.05) is 0 Å². The van der Waals surface area contributed by atoms with E-state index in [-0.39, 0.29) is 12.5 Å². The first-order valence-corrected chi connectivity index (χ1v) is 5.42. The van der Waals surface area contributed by atoms with E-state index in [9.17, 15) is 4.79 Å². The number of ether oxygens (including phenoxy) is 1. The van der Waals surface area contributed by atoms with Crippen LogP contribution in [-0.2, 0) is 9.53 Å². The monoisotopic (exact) mass is 224 g/mol. The predicted octanol–water partition coefficient (Wildman–Crippen LogP) is 0.132. The van der Waals surface area contributed by atoms with Crippen LogP contribution in [0.15, 0.2) is 12.3 Å². The molecule has 2 rings (SSSR count). The van der Waals surface area contributed by atoms with Crippen LogP contribution in [0.2, 0.25) is 0 Å². The lowest BCUT2D eigenvalue weighted by Gasteiger charge is -2.24. The van der Waals surface area contributed by atoms with Gasteiger partial charge in [0.15, 0.2) is 0 Å². The summed E-state index contributed by atoms with van der Waals surface area (Å²) in [6.07, 6.45) is 3.53. The summed E-state index contributed by atoms with van der Waals surface area (Å²) in [6, 6.07) is 2.08. The van der Waals surface area contributed by atoms with Crippen LogP contribution in [0.25, 0.3) is 0 Å². The first kappa shape index (κ1) is 11.1. The van der Waals surface area contributed by atoms with Gasteiger partial charge in [-0.2, -0.15) is 5.10 Å². The van der Waals surface area contributed by atoms with E-state index in [0.717, 1.165) is 26.1 Å². The van der Waals surface area contributed by atoms with Crippen molar-refractivity contribution in [2.75, 3.05) is 25.1 Å². The Morgan fingerprint density at radius 1 is 1.62 bits per heavy atom. The molecule has 1 aliphatic rings. The normalized spacial score (nSPS) is 17.3. The summed E-state index contributed by atoms with van der Waals surface area (Å²) in [6.45, 7) is 1.47. The molecule has 0 radical (unpaired) electrons. The molecule has 0 spiro atoms. The van der Waals surface area contributed by atoms with Crippen molar-refractivity contribution >= 4 is 11.7 Å². The lowest BCUT2D eigenvalue weighted by molar-refractivity contribution is -0.115. The van der Waals surface area contributed by atoms with Crippen LogP contribution in [0.3, 0.4) is 0 Å². The minimum atomic E-state index is -0.200. The molecule has 0 atom stereocenters. The van der Waals surface area contributed by atoms with Gasteiger partial charge >= 0.3 is 0 Å². The van der Waals surface area contributed by atoms with Crippen LogP contribution < -0.4 is 11.1 Å². The van der Waals surface area contributed by atoms with Crippen molar-refractivity contribution in [1.29, 1.82) is 0 Å². The fourth-order valence-electron chi connectivity index (χ4n) is 1.83. The Hall–Kier alpha value is -1.40. The maximum absolute atomic E-state index is 11.2. The summed E-state index contributed by atoms with van der Waals surface area (Å²) in [7, 11) is 0. The SMILES string of the molecule is NCC(=O)Nc1ccnn1C1CCOCC1. The van der Waals surface area contributed by atoms with E-state index in [4.69, 9.17) is 10.5 Å². The number of nitrogens with one attached hydrogen (secondary N) is 1. The zero-order chi connectivity index (χ0) is 11.4. The topological polar surface area (TPSA) is 82.2 Å². The number of aromatic nitrogens is 2. The Morgan fingerprint density at radius 2 is 2.38 bits per heavy atom. The van der Waals surface area contributed by atoms with Crippen LogP contribution in [0.4, 0.5) is 5.82 Å². The van der Waals surface area contributed by atoms with Crippen LogP contribution >= 0.6 is 0 Å². The average molecular weight is 224 g/mol. The number of rotatable bonds is 3. The molecule has 1 saturated heterocycles. The summed E-state index contributed by atoms with van der Waals surface area (Å²) >= 11 is 0. The zero-order valence-corrected chi connectivity index (χ0v) is 9.06. The highest BCUT2D eigenvalue weighted by Gasteiger charge is 2.19. The van der Waals surface area contributed by atoms with Crippen molar-refractivity contribution in [2.24, 2.45) is 5.73 Å². The van der Waals surface area contributed by atoms with E-state index < -0.39 is 0 Å². The molecule has 3 N–H and O–H groups in total. The fourth-order valence-corrected chi connectivity index (χ4v) is 1.83. The van der Waals surface area contributed by atoms with Gasteiger partial charge in [0, 0.05) is 19.3 Å². The Kier molecular flexibility index (Phi) is 3.53. The molecule has 1 aromatic rings. The number of nitrogens with two attached hydrogens (primary N) is 1. The van der Waals surface area contributed by atoms with Crippen molar-refractivity contribution in [3.05, 3.63) is 12.3 Å². The second-order valence-corrected chi connectivity index (χ2v) is 3.76. The number of amides is 1. The van der Waals surface area contributed by atoms with Gasteiger partial charge in [0.05, 0.1) is 18.8 Å². The fraction of sp³-hybridized carbons (Fsp3) is 0.600. The first-order chi connectivity index (χ1) is 7.81. The van der Waals surface area contributed by atoms with Crippen molar-refractivity contribution in [3.8, 4) is 0 Å². The molecule has 1 aliphatic heterocycles. The van der Waals surface area contributed by atoms with E-state index in [0.29, 0.717) is 11.9 Å². The second kappa shape index (κ2) is 5.09.